The third-order valence-electron chi connectivity index (χ3n) is 1.52. The molecule has 2 aromatic heterocycles. The Morgan fingerprint density at radius 2 is 2.14 bits per heavy atom. The minimum Gasteiger partial charge on any atom is -0.466 e. The predicted molar refractivity (Wildman–Crippen MR) is 46.0 cm³/mol. The first kappa shape index (κ1) is 8.54. The summed E-state index contributed by atoms with van der Waals surface area (Å²) in [7, 11) is 1.48. The molecule has 0 aromatic carbocycles. The van der Waals surface area contributed by atoms with E-state index in [0.717, 1.165) is 5.69 Å². The molecule has 0 saturated heterocycles. The smallest absolute Gasteiger partial charge is 0.335 e. The van der Waals surface area contributed by atoms with Gasteiger partial charge in [0.2, 0.25) is 5.82 Å². The van der Waals surface area contributed by atoms with E-state index in [1.807, 2.05) is 6.92 Å². The molecule has 7 nitrogen and oxygen atoms in total. The summed E-state index contributed by atoms with van der Waals surface area (Å²) in [6, 6.07) is 0.220. The molecule has 2 rings (SSSR count). The summed E-state index contributed by atoms with van der Waals surface area (Å²) in [6.45, 7) is 1.84. The van der Waals surface area contributed by atoms with Gasteiger partial charge in [-0.1, -0.05) is 5.10 Å². The molecule has 2 aromatic rings. The molecule has 0 saturated carbocycles. The van der Waals surface area contributed by atoms with Gasteiger partial charge in [0.25, 0.3) is 0 Å². The number of hydrogen-bond donors (Lipinski definition) is 0. The van der Waals surface area contributed by atoms with Crippen molar-refractivity contribution in [3.8, 4) is 11.8 Å². The van der Waals surface area contributed by atoms with Gasteiger partial charge >= 0.3 is 6.01 Å². The van der Waals surface area contributed by atoms with Crippen molar-refractivity contribution < 1.29 is 4.74 Å². The standard InChI is InChI=1S/C7H8N6O/c1-5-3-9-13(12-5)6-4-8-7(14-2)11-10-6/h3-4H,1-2H3. The normalized spacial score (nSPS) is 10.1. The summed E-state index contributed by atoms with van der Waals surface area (Å²) in [5, 5.41) is 15.6. The number of aromatic nitrogens is 6. The molecule has 0 aliphatic rings. The molecule has 0 unspecified atom stereocenters. The molecule has 0 atom stereocenters. The summed E-state index contributed by atoms with van der Waals surface area (Å²) in [5.74, 6) is 0.457. The van der Waals surface area contributed by atoms with Gasteiger partial charge in [0.05, 0.1) is 25.2 Å². The Morgan fingerprint density at radius 1 is 1.29 bits per heavy atom. The second kappa shape index (κ2) is 3.36. The zero-order valence-electron chi connectivity index (χ0n) is 7.75. The largest absolute Gasteiger partial charge is 0.466 e. The van der Waals surface area contributed by atoms with Crippen LogP contribution in [0.2, 0.25) is 0 Å². The van der Waals surface area contributed by atoms with Gasteiger partial charge in [0.15, 0.2) is 0 Å². The number of hydrogen-bond acceptors (Lipinski definition) is 6. The topological polar surface area (TPSA) is 78.6 Å². The van der Waals surface area contributed by atoms with Crippen molar-refractivity contribution in [1.82, 2.24) is 30.2 Å². The van der Waals surface area contributed by atoms with E-state index >= 15 is 0 Å². The zero-order valence-corrected chi connectivity index (χ0v) is 7.75. The molecule has 14 heavy (non-hydrogen) atoms. The first-order valence-electron chi connectivity index (χ1n) is 3.92. The number of methoxy groups -OCH3 is 1. The van der Waals surface area contributed by atoms with Gasteiger partial charge in [-0.25, -0.2) is 0 Å². The molecule has 0 radical (unpaired) electrons. The number of rotatable bonds is 2. The van der Waals surface area contributed by atoms with Crippen LogP contribution in [0.4, 0.5) is 0 Å². The Kier molecular flexibility index (Phi) is 2.05. The summed E-state index contributed by atoms with van der Waals surface area (Å²) in [6.07, 6.45) is 3.12. The van der Waals surface area contributed by atoms with Crippen LogP contribution in [0.3, 0.4) is 0 Å². The molecule has 0 aliphatic heterocycles. The average Bonchev–Trinajstić information content (AvgIpc) is 2.65. The van der Waals surface area contributed by atoms with Crippen LogP contribution in [0.1, 0.15) is 5.69 Å². The van der Waals surface area contributed by atoms with E-state index in [1.165, 1.54) is 18.1 Å². The highest BCUT2D eigenvalue weighted by Gasteiger charge is 2.03. The molecule has 0 amide bonds. The molecular formula is C7H8N6O. The Bertz CT molecular complexity index is 422. The second-order valence-corrected chi connectivity index (χ2v) is 2.58. The zero-order chi connectivity index (χ0) is 9.97. The molecule has 0 aliphatic carbocycles. The van der Waals surface area contributed by atoms with Gasteiger partial charge in [0.1, 0.15) is 0 Å². The van der Waals surface area contributed by atoms with E-state index in [1.54, 1.807) is 6.20 Å². The van der Waals surface area contributed by atoms with Crippen molar-refractivity contribution in [3.05, 3.63) is 18.1 Å². The van der Waals surface area contributed by atoms with E-state index in [2.05, 4.69) is 25.4 Å². The summed E-state index contributed by atoms with van der Waals surface area (Å²) < 4.78 is 4.78. The fraction of sp³-hybridized carbons (Fsp3) is 0.286. The van der Waals surface area contributed by atoms with Gasteiger partial charge in [-0.2, -0.15) is 15.2 Å². The lowest BCUT2D eigenvalue weighted by atomic mass is 10.6. The van der Waals surface area contributed by atoms with Crippen molar-refractivity contribution in [2.24, 2.45) is 0 Å². The van der Waals surface area contributed by atoms with E-state index in [9.17, 15) is 0 Å². The third kappa shape index (κ3) is 1.51. The molecule has 0 spiro atoms. The molecule has 0 fully saturated rings. The molecule has 72 valence electrons. The number of ether oxygens (including phenoxy) is 1. The van der Waals surface area contributed by atoms with Crippen LogP contribution in [0, 0.1) is 6.92 Å². The highest BCUT2D eigenvalue weighted by molar-refractivity contribution is 5.12. The molecule has 2 heterocycles. The van der Waals surface area contributed by atoms with Gasteiger partial charge in [-0.3, -0.25) is 0 Å². The lowest BCUT2D eigenvalue weighted by Gasteiger charge is -1.97. The average molecular weight is 192 g/mol. The highest BCUT2D eigenvalue weighted by atomic mass is 16.5. The lowest BCUT2D eigenvalue weighted by molar-refractivity contribution is 0.372. The van der Waals surface area contributed by atoms with Gasteiger partial charge in [-0.05, 0) is 6.92 Å². The van der Waals surface area contributed by atoms with Crippen LogP contribution in [0.25, 0.3) is 5.82 Å². The maximum Gasteiger partial charge on any atom is 0.335 e. The number of nitrogens with zero attached hydrogens (tertiary/aromatic N) is 6. The molecular weight excluding hydrogens is 184 g/mol. The van der Waals surface area contributed by atoms with Gasteiger partial charge in [0, 0.05) is 0 Å². The van der Waals surface area contributed by atoms with Gasteiger partial charge < -0.3 is 4.74 Å². The second-order valence-electron chi connectivity index (χ2n) is 2.58. The monoisotopic (exact) mass is 192 g/mol. The van der Waals surface area contributed by atoms with Crippen LogP contribution in [-0.2, 0) is 0 Å². The maximum absolute atomic E-state index is 4.78. The van der Waals surface area contributed by atoms with E-state index in [0.29, 0.717) is 5.82 Å². The van der Waals surface area contributed by atoms with Crippen LogP contribution < -0.4 is 4.74 Å². The summed E-state index contributed by atoms with van der Waals surface area (Å²) in [5.41, 5.74) is 0.808. The first-order chi connectivity index (χ1) is 6.79. The predicted octanol–water partition coefficient (Wildman–Crippen LogP) is -0.231. The van der Waals surface area contributed by atoms with Crippen LogP contribution in [0.5, 0.6) is 6.01 Å². The number of aryl methyl sites for hydroxylation is 1. The SMILES string of the molecule is COc1ncc(-n2ncc(C)n2)nn1. The molecule has 0 bridgehead atoms. The quantitative estimate of drug-likeness (QED) is 0.654. The highest BCUT2D eigenvalue weighted by Crippen LogP contribution is 2.01. The van der Waals surface area contributed by atoms with Crippen molar-refractivity contribution in [1.29, 1.82) is 0 Å². The fourth-order valence-electron chi connectivity index (χ4n) is 0.893. The van der Waals surface area contributed by atoms with Crippen LogP contribution in [-0.4, -0.2) is 37.3 Å². The maximum atomic E-state index is 4.78. The minimum atomic E-state index is 0.220. The first-order valence-corrected chi connectivity index (χ1v) is 3.92. The van der Waals surface area contributed by atoms with Crippen LogP contribution >= 0.6 is 0 Å². The Balaban J connectivity index is 2.33. The third-order valence-corrected chi connectivity index (χ3v) is 1.52. The Labute approximate surface area is 79.8 Å². The van der Waals surface area contributed by atoms with E-state index in [-0.39, 0.29) is 6.01 Å². The van der Waals surface area contributed by atoms with Crippen molar-refractivity contribution in [2.45, 2.75) is 6.92 Å². The van der Waals surface area contributed by atoms with Crippen molar-refractivity contribution in [3.63, 3.8) is 0 Å². The summed E-state index contributed by atoms with van der Waals surface area (Å²) >= 11 is 0. The van der Waals surface area contributed by atoms with Crippen molar-refractivity contribution >= 4 is 0 Å². The van der Waals surface area contributed by atoms with Crippen LogP contribution in [0.15, 0.2) is 12.4 Å². The lowest BCUT2D eigenvalue weighted by Crippen LogP contribution is -2.05. The molecule has 0 N–H and O–H groups in total. The Morgan fingerprint density at radius 3 is 2.64 bits per heavy atom. The fourth-order valence-corrected chi connectivity index (χ4v) is 0.893. The molecule has 7 heteroatoms. The van der Waals surface area contributed by atoms with E-state index < -0.39 is 0 Å². The minimum absolute atomic E-state index is 0.220. The van der Waals surface area contributed by atoms with E-state index in [4.69, 9.17) is 4.74 Å². The summed E-state index contributed by atoms with van der Waals surface area (Å²) in [4.78, 5) is 5.24. The van der Waals surface area contributed by atoms with Crippen molar-refractivity contribution in [2.75, 3.05) is 7.11 Å². The Hall–Kier alpha value is -2.05. The van der Waals surface area contributed by atoms with Gasteiger partial charge in [-0.15, -0.1) is 9.90 Å².